The molecule has 1 aromatic rings. The van der Waals surface area contributed by atoms with Crippen molar-refractivity contribution in [3.63, 3.8) is 0 Å². The molecule has 2 atom stereocenters. The Morgan fingerprint density at radius 1 is 1.26 bits per heavy atom. The molecule has 0 amide bonds. The second-order valence-corrected chi connectivity index (χ2v) is 6.50. The maximum absolute atomic E-state index is 12.3. The van der Waals surface area contributed by atoms with Crippen molar-refractivity contribution in [1.82, 2.24) is 5.32 Å². The van der Waals surface area contributed by atoms with Crippen molar-refractivity contribution in [2.24, 2.45) is 0 Å². The van der Waals surface area contributed by atoms with Crippen LogP contribution in [0.2, 0.25) is 0 Å². The zero-order valence-corrected chi connectivity index (χ0v) is 12.9. The molecular formula is C15H25NO2S. The average molecular weight is 283 g/mol. The Hall–Kier alpha value is -0.710. The van der Waals surface area contributed by atoms with E-state index in [0.29, 0.717) is 18.1 Å². The van der Waals surface area contributed by atoms with E-state index >= 15 is 0 Å². The van der Waals surface area contributed by atoms with Gasteiger partial charge in [-0.2, -0.15) is 0 Å². The highest BCUT2D eigenvalue weighted by Crippen LogP contribution is 2.17. The molecule has 0 aliphatic heterocycles. The van der Waals surface area contributed by atoms with Gasteiger partial charge in [-0.1, -0.05) is 32.9 Å². The van der Waals surface area contributed by atoms with E-state index in [1.54, 1.807) is 0 Å². The van der Waals surface area contributed by atoms with Crippen LogP contribution in [0.25, 0.3) is 0 Å². The second-order valence-electron chi connectivity index (χ2n) is 5.00. The first-order valence-electron chi connectivity index (χ1n) is 6.91. The first kappa shape index (κ1) is 16.3. The van der Waals surface area contributed by atoms with Gasteiger partial charge in [0.25, 0.3) is 0 Å². The van der Waals surface area contributed by atoms with Crippen LogP contribution in [0.3, 0.4) is 0 Å². The second kappa shape index (κ2) is 8.46. The summed E-state index contributed by atoms with van der Waals surface area (Å²) in [7, 11) is -1.01. The van der Waals surface area contributed by atoms with E-state index in [1.165, 1.54) is 5.56 Å². The Balaban J connectivity index is 2.65. The summed E-state index contributed by atoms with van der Waals surface area (Å²) in [5, 5.41) is 12.3. The molecule has 4 heteroatoms. The van der Waals surface area contributed by atoms with E-state index in [2.05, 4.69) is 19.2 Å². The molecule has 19 heavy (non-hydrogen) atoms. The van der Waals surface area contributed by atoms with Crippen molar-refractivity contribution in [3.8, 4) is 0 Å². The van der Waals surface area contributed by atoms with Crippen LogP contribution in [-0.2, 0) is 10.8 Å². The van der Waals surface area contributed by atoms with Crippen LogP contribution in [0.5, 0.6) is 0 Å². The Morgan fingerprint density at radius 3 is 2.37 bits per heavy atom. The maximum atomic E-state index is 12.3. The van der Waals surface area contributed by atoms with Crippen molar-refractivity contribution in [2.75, 3.05) is 18.9 Å². The van der Waals surface area contributed by atoms with Crippen molar-refractivity contribution in [2.45, 2.75) is 44.0 Å². The fraction of sp³-hybridized carbons (Fsp3) is 0.600. The third-order valence-corrected chi connectivity index (χ3v) is 4.64. The molecule has 0 radical (unpaired) electrons. The largest absolute Gasteiger partial charge is 0.396 e. The molecule has 2 N–H and O–H groups in total. The zero-order valence-electron chi connectivity index (χ0n) is 12.1. The number of aliphatic hydroxyl groups is 1. The van der Waals surface area contributed by atoms with Gasteiger partial charge in [0.15, 0.2) is 0 Å². The Bertz CT molecular complexity index is 384. The Labute approximate surface area is 118 Å². The van der Waals surface area contributed by atoms with Crippen molar-refractivity contribution in [3.05, 3.63) is 29.8 Å². The molecule has 1 rings (SSSR count). The van der Waals surface area contributed by atoms with Gasteiger partial charge in [0, 0.05) is 23.3 Å². The lowest BCUT2D eigenvalue weighted by atomic mass is 10.0. The maximum Gasteiger partial charge on any atom is 0.0545 e. The lowest BCUT2D eigenvalue weighted by molar-refractivity contribution is 0.270. The summed E-state index contributed by atoms with van der Waals surface area (Å²) < 4.78 is 12.3. The van der Waals surface area contributed by atoms with E-state index in [1.807, 2.05) is 31.2 Å². The van der Waals surface area contributed by atoms with Crippen LogP contribution < -0.4 is 5.32 Å². The molecule has 108 valence electrons. The highest BCUT2D eigenvalue weighted by Gasteiger charge is 2.13. The summed E-state index contributed by atoms with van der Waals surface area (Å²) in [6.45, 7) is 7.27. The van der Waals surface area contributed by atoms with E-state index < -0.39 is 10.8 Å². The standard InChI is InChI=1S/C15H25NO2S/c1-4-16-14(9-10-17)11-19(18)15-7-5-13(6-8-15)12(2)3/h5-8,12,14,16-17H,4,9-11H2,1-3H3. The minimum absolute atomic E-state index is 0.112. The molecule has 0 fully saturated rings. The van der Waals surface area contributed by atoms with Gasteiger partial charge in [-0.05, 0) is 36.6 Å². The first-order valence-corrected chi connectivity index (χ1v) is 8.23. The summed E-state index contributed by atoms with van der Waals surface area (Å²) in [4.78, 5) is 0.866. The molecule has 0 saturated heterocycles. The van der Waals surface area contributed by atoms with Gasteiger partial charge in [-0.25, -0.2) is 0 Å². The van der Waals surface area contributed by atoms with Crippen LogP contribution in [0.1, 0.15) is 38.7 Å². The molecular weight excluding hydrogens is 258 g/mol. The minimum Gasteiger partial charge on any atom is -0.396 e. The molecule has 0 bridgehead atoms. The fourth-order valence-electron chi connectivity index (χ4n) is 1.97. The fourth-order valence-corrected chi connectivity index (χ4v) is 3.25. The third kappa shape index (κ3) is 5.43. The number of aliphatic hydroxyl groups excluding tert-OH is 1. The minimum atomic E-state index is -1.01. The number of benzene rings is 1. The van der Waals surface area contributed by atoms with Gasteiger partial charge < -0.3 is 10.4 Å². The van der Waals surface area contributed by atoms with Crippen LogP contribution in [0.15, 0.2) is 29.2 Å². The Kier molecular flexibility index (Phi) is 7.28. The quantitative estimate of drug-likeness (QED) is 0.769. The van der Waals surface area contributed by atoms with Crippen LogP contribution >= 0.6 is 0 Å². The van der Waals surface area contributed by atoms with E-state index in [4.69, 9.17) is 5.11 Å². The van der Waals surface area contributed by atoms with Crippen molar-refractivity contribution >= 4 is 10.8 Å². The molecule has 0 heterocycles. The van der Waals surface area contributed by atoms with Crippen LogP contribution in [-0.4, -0.2) is 34.3 Å². The first-order chi connectivity index (χ1) is 9.08. The summed E-state index contributed by atoms with van der Waals surface area (Å²) in [6.07, 6.45) is 0.643. The summed E-state index contributed by atoms with van der Waals surface area (Å²) in [5.41, 5.74) is 1.26. The highest BCUT2D eigenvalue weighted by molar-refractivity contribution is 7.85. The monoisotopic (exact) mass is 283 g/mol. The number of hydrogen-bond acceptors (Lipinski definition) is 3. The lowest BCUT2D eigenvalue weighted by Gasteiger charge is -2.16. The summed E-state index contributed by atoms with van der Waals surface area (Å²) in [6, 6.07) is 8.11. The van der Waals surface area contributed by atoms with E-state index in [-0.39, 0.29) is 12.6 Å². The SMILES string of the molecule is CCNC(CCO)CS(=O)c1ccc(C(C)C)cc1. The van der Waals surface area contributed by atoms with Gasteiger partial charge in [0.05, 0.1) is 10.8 Å². The van der Waals surface area contributed by atoms with Crippen molar-refractivity contribution in [1.29, 1.82) is 0 Å². The summed E-state index contributed by atoms with van der Waals surface area (Å²) in [5.74, 6) is 1.04. The smallest absolute Gasteiger partial charge is 0.0545 e. The zero-order chi connectivity index (χ0) is 14.3. The van der Waals surface area contributed by atoms with E-state index in [0.717, 1.165) is 11.4 Å². The molecule has 0 aromatic heterocycles. The number of hydrogen-bond donors (Lipinski definition) is 2. The number of rotatable bonds is 8. The van der Waals surface area contributed by atoms with Gasteiger partial charge in [0.2, 0.25) is 0 Å². The summed E-state index contributed by atoms with van der Waals surface area (Å²) >= 11 is 0. The third-order valence-electron chi connectivity index (χ3n) is 3.13. The molecule has 1 aromatic carbocycles. The van der Waals surface area contributed by atoms with Gasteiger partial charge in [0.1, 0.15) is 0 Å². The number of nitrogens with one attached hydrogen (secondary N) is 1. The van der Waals surface area contributed by atoms with Crippen LogP contribution in [0.4, 0.5) is 0 Å². The van der Waals surface area contributed by atoms with Crippen molar-refractivity contribution < 1.29 is 9.32 Å². The molecule has 0 spiro atoms. The molecule has 0 aliphatic carbocycles. The lowest BCUT2D eigenvalue weighted by Crippen LogP contribution is -2.34. The molecule has 2 unspecified atom stereocenters. The van der Waals surface area contributed by atoms with Gasteiger partial charge in [-0.3, -0.25) is 4.21 Å². The molecule has 0 saturated carbocycles. The van der Waals surface area contributed by atoms with E-state index in [9.17, 15) is 4.21 Å². The molecule has 0 aliphatic rings. The van der Waals surface area contributed by atoms with Gasteiger partial charge >= 0.3 is 0 Å². The topological polar surface area (TPSA) is 49.3 Å². The predicted molar refractivity (Wildman–Crippen MR) is 81.0 cm³/mol. The highest BCUT2D eigenvalue weighted by atomic mass is 32.2. The Morgan fingerprint density at radius 2 is 1.89 bits per heavy atom. The normalized spacial score (nSPS) is 14.6. The molecule has 3 nitrogen and oxygen atoms in total. The van der Waals surface area contributed by atoms with Crippen LogP contribution in [0, 0.1) is 0 Å². The average Bonchev–Trinajstić information content (AvgIpc) is 2.39. The predicted octanol–water partition coefficient (Wildman–Crippen LogP) is 2.28. The van der Waals surface area contributed by atoms with Gasteiger partial charge in [-0.15, -0.1) is 0 Å².